The third kappa shape index (κ3) is 2.96. The molecule has 2 rings (SSSR count). The van der Waals surface area contributed by atoms with Crippen LogP contribution in [0.25, 0.3) is 11.3 Å². The first kappa shape index (κ1) is 12.8. The number of hydrogen-bond donors (Lipinski definition) is 1. The van der Waals surface area contributed by atoms with Gasteiger partial charge in [0.05, 0.1) is 5.69 Å². The van der Waals surface area contributed by atoms with Gasteiger partial charge < -0.3 is 5.32 Å². The van der Waals surface area contributed by atoms with E-state index >= 15 is 0 Å². The van der Waals surface area contributed by atoms with Gasteiger partial charge in [-0.2, -0.15) is 0 Å². The SMILES string of the molecule is CCC(C)C(=O)Nc1nc(-c2ccccc2)cs1.[HH]. The summed E-state index contributed by atoms with van der Waals surface area (Å²) in [4.78, 5) is 16.2. The van der Waals surface area contributed by atoms with E-state index in [0.717, 1.165) is 17.7 Å². The summed E-state index contributed by atoms with van der Waals surface area (Å²) in [5, 5.41) is 5.48. The Kier molecular flexibility index (Phi) is 4.10. The number of nitrogens with zero attached hydrogens (tertiary/aromatic N) is 1. The van der Waals surface area contributed by atoms with Crippen LogP contribution in [0.2, 0.25) is 0 Å². The fourth-order valence-corrected chi connectivity index (χ4v) is 2.21. The number of thiazole rings is 1. The van der Waals surface area contributed by atoms with E-state index in [0.29, 0.717) is 5.13 Å². The minimum absolute atomic E-state index is 0. The molecule has 1 unspecified atom stereocenters. The number of hydrogen-bond acceptors (Lipinski definition) is 3. The highest BCUT2D eigenvalue weighted by Crippen LogP contribution is 2.24. The monoisotopic (exact) mass is 262 g/mol. The van der Waals surface area contributed by atoms with Crippen LogP contribution < -0.4 is 5.32 Å². The molecule has 2 aromatic rings. The molecule has 0 fully saturated rings. The van der Waals surface area contributed by atoms with Gasteiger partial charge in [0.1, 0.15) is 0 Å². The summed E-state index contributed by atoms with van der Waals surface area (Å²) in [6.07, 6.45) is 0.836. The summed E-state index contributed by atoms with van der Waals surface area (Å²) >= 11 is 1.46. The van der Waals surface area contributed by atoms with E-state index in [1.807, 2.05) is 49.6 Å². The number of anilines is 1. The lowest BCUT2D eigenvalue weighted by Gasteiger charge is -2.06. The van der Waals surface area contributed by atoms with Crippen molar-refractivity contribution in [2.45, 2.75) is 20.3 Å². The van der Waals surface area contributed by atoms with Gasteiger partial charge in [0.15, 0.2) is 5.13 Å². The lowest BCUT2D eigenvalue weighted by molar-refractivity contribution is -0.119. The number of carbonyl (C=O) groups excluding carboxylic acids is 1. The van der Waals surface area contributed by atoms with Gasteiger partial charge in [0.25, 0.3) is 0 Å². The Morgan fingerprint density at radius 1 is 1.44 bits per heavy atom. The van der Waals surface area contributed by atoms with Crippen molar-refractivity contribution in [3.63, 3.8) is 0 Å². The fraction of sp³-hybridized carbons (Fsp3) is 0.286. The summed E-state index contributed by atoms with van der Waals surface area (Å²) < 4.78 is 0. The maximum atomic E-state index is 11.7. The lowest BCUT2D eigenvalue weighted by atomic mass is 10.1. The largest absolute Gasteiger partial charge is 0.302 e. The standard InChI is InChI=1S/C14H16N2OS.H2/c1-3-10(2)13(17)16-14-15-12(9-18-14)11-7-5-4-6-8-11;/h4-10H,3H2,1-2H3,(H,15,16,17);1H. The summed E-state index contributed by atoms with van der Waals surface area (Å²) in [7, 11) is 0. The van der Waals surface area contributed by atoms with E-state index < -0.39 is 0 Å². The number of nitrogens with one attached hydrogen (secondary N) is 1. The van der Waals surface area contributed by atoms with E-state index in [1.54, 1.807) is 0 Å². The van der Waals surface area contributed by atoms with Crippen molar-refractivity contribution in [2.75, 3.05) is 5.32 Å². The third-order valence-electron chi connectivity index (χ3n) is 2.86. The van der Waals surface area contributed by atoms with Crippen molar-refractivity contribution in [3.05, 3.63) is 35.7 Å². The maximum absolute atomic E-state index is 11.7. The van der Waals surface area contributed by atoms with Crippen LogP contribution in [0.1, 0.15) is 21.7 Å². The molecule has 0 spiro atoms. The van der Waals surface area contributed by atoms with E-state index in [9.17, 15) is 4.79 Å². The zero-order chi connectivity index (χ0) is 13.0. The van der Waals surface area contributed by atoms with Crippen molar-refractivity contribution in [3.8, 4) is 11.3 Å². The van der Waals surface area contributed by atoms with Crippen LogP contribution in [-0.2, 0) is 4.79 Å². The quantitative estimate of drug-likeness (QED) is 0.903. The maximum Gasteiger partial charge on any atom is 0.228 e. The number of carbonyl (C=O) groups is 1. The molecule has 4 heteroatoms. The molecule has 1 aromatic heterocycles. The van der Waals surface area contributed by atoms with Gasteiger partial charge in [0, 0.05) is 18.3 Å². The Labute approximate surface area is 112 Å². The highest BCUT2D eigenvalue weighted by atomic mass is 32.1. The van der Waals surface area contributed by atoms with Crippen LogP contribution in [0, 0.1) is 5.92 Å². The zero-order valence-corrected chi connectivity index (χ0v) is 11.3. The highest BCUT2D eigenvalue weighted by Gasteiger charge is 2.12. The third-order valence-corrected chi connectivity index (χ3v) is 3.62. The molecule has 0 saturated heterocycles. The highest BCUT2D eigenvalue weighted by molar-refractivity contribution is 7.14. The van der Waals surface area contributed by atoms with Crippen molar-refractivity contribution in [1.29, 1.82) is 0 Å². The van der Waals surface area contributed by atoms with Gasteiger partial charge in [-0.15, -0.1) is 11.3 Å². The molecule has 0 radical (unpaired) electrons. The molecule has 1 N–H and O–H groups in total. The lowest BCUT2D eigenvalue weighted by Crippen LogP contribution is -2.19. The minimum atomic E-state index is 0. The Bertz CT molecular complexity index is 527. The van der Waals surface area contributed by atoms with Crippen LogP contribution >= 0.6 is 11.3 Å². The summed E-state index contributed by atoms with van der Waals surface area (Å²) in [6.45, 7) is 3.92. The Morgan fingerprint density at radius 3 is 2.83 bits per heavy atom. The minimum Gasteiger partial charge on any atom is -0.302 e. The van der Waals surface area contributed by atoms with Gasteiger partial charge >= 0.3 is 0 Å². The molecular weight excluding hydrogens is 244 g/mol. The van der Waals surface area contributed by atoms with Gasteiger partial charge in [-0.05, 0) is 6.42 Å². The summed E-state index contributed by atoms with van der Waals surface area (Å²) in [5.74, 6) is 0.0561. The molecule has 18 heavy (non-hydrogen) atoms. The Morgan fingerprint density at radius 2 is 2.17 bits per heavy atom. The normalized spacial score (nSPS) is 12.1. The van der Waals surface area contributed by atoms with Crippen LogP contribution in [-0.4, -0.2) is 10.9 Å². The summed E-state index contributed by atoms with van der Waals surface area (Å²) in [6, 6.07) is 9.95. The summed E-state index contributed by atoms with van der Waals surface area (Å²) in [5.41, 5.74) is 1.97. The van der Waals surface area contributed by atoms with Gasteiger partial charge in [-0.25, -0.2) is 4.98 Å². The van der Waals surface area contributed by atoms with E-state index in [2.05, 4.69) is 10.3 Å². The molecule has 96 valence electrons. The van der Waals surface area contributed by atoms with Crippen molar-refractivity contribution >= 4 is 22.4 Å². The second kappa shape index (κ2) is 5.78. The fourth-order valence-electron chi connectivity index (χ4n) is 1.49. The average Bonchev–Trinajstić information content (AvgIpc) is 2.87. The molecular formula is C14H18N2OS. The molecule has 1 amide bonds. The zero-order valence-electron chi connectivity index (χ0n) is 10.5. The predicted octanol–water partition coefficient (Wildman–Crippen LogP) is 4.04. The van der Waals surface area contributed by atoms with Crippen LogP contribution in [0.5, 0.6) is 0 Å². The predicted molar refractivity (Wildman–Crippen MR) is 77.7 cm³/mol. The molecule has 1 heterocycles. The van der Waals surface area contributed by atoms with Crippen LogP contribution in [0.15, 0.2) is 35.7 Å². The van der Waals surface area contributed by atoms with Crippen molar-refractivity contribution in [1.82, 2.24) is 4.98 Å². The molecule has 0 aliphatic carbocycles. The molecule has 0 bridgehead atoms. The first-order valence-electron chi connectivity index (χ1n) is 6.02. The van der Waals surface area contributed by atoms with Crippen LogP contribution in [0.3, 0.4) is 0 Å². The van der Waals surface area contributed by atoms with Gasteiger partial charge in [-0.1, -0.05) is 44.2 Å². The Hall–Kier alpha value is -1.68. The van der Waals surface area contributed by atoms with E-state index in [1.165, 1.54) is 11.3 Å². The average molecular weight is 262 g/mol. The Balaban J connectivity index is 0.00000180. The van der Waals surface area contributed by atoms with E-state index in [-0.39, 0.29) is 13.3 Å². The second-order valence-electron chi connectivity index (χ2n) is 4.20. The number of aromatic nitrogens is 1. The number of rotatable bonds is 4. The van der Waals surface area contributed by atoms with Crippen LogP contribution in [0.4, 0.5) is 5.13 Å². The van der Waals surface area contributed by atoms with Crippen molar-refractivity contribution in [2.24, 2.45) is 5.92 Å². The second-order valence-corrected chi connectivity index (χ2v) is 5.06. The first-order chi connectivity index (χ1) is 8.70. The van der Waals surface area contributed by atoms with Gasteiger partial charge in [-0.3, -0.25) is 4.79 Å². The van der Waals surface area contributed by atoms with E-state index in [4.69, 9.17) is 0 Å². The van der Waals surface area contributed by atoms with Crippen molar-refractivity contribution < 1.29 is 6.22 Å². The van der Waals surface area contributed by atoms with Gasteiger partial charge in [0.2, 0.25) is 5.91 Å². The number of amides is 1. The topological polar surface area (TPSA) is 42.0 Å². The first-order valence-corrected chi connectivity index (χ1v) is 6.90. The molecule has 0 aliphatic heterocycles. The molecule has 1 atom stereocenters. The molecule has 3 nitrogen and oxygen atoms in total. The molecule has 0 aliphatic rings. The smallest absolute Gasteiger partial charge is 0.228 e. The molecule has 0 saturated carbocycles. The molecule has 1 aromatic carbocycles. The number of benzene rings is 1.